The van der Waals surface area contributed by atoms with E-state index >= 15 is 0 Å². The third-order valence-corrected chi connectivity index (χ3v) is 4.54. The molecule has 0 radical (unpaired) electrons. The molecule has 1 fully saturated rings. The number of aliphatic hydroxyl groups excluding tert-OH is 1. The summed E-state index contributed by atoms with van der Waals surface area (Å²) in [5.41, 5.74) is -0.0773. The average molecular weight is 325 g/mol. The van der Waals surface area contributed by atoms with E-state index < -0.39 is 17.8 Å². The van der Waals surface area contributed by atoms with Gasteiger partial charge in [-0.25, -0.2) is 0 Å². The second-order valence-corrected chi connectivity index (χ2v) is 6.16. The van der Waals surface area contributed by atoms with Crippen LogP contribution in [-0.2, 0) is 11.0 Å². The van der Waals surface area contributed by atoms with Crippen molar-refractivity contribution in [2.75, 3.05) is 6.54 Å². The van der Waals surface area contributed by atoms with E-state index in [0.717, 1.165) is 12.1 Å². The average Bonchev–Trinajstić information content (AvgIpc) is 3.15. The molecule has 1 aromatic carbocycles. The molecule has 6 heteroatoms. The smallest absolute Gasteiger partial charge is 0.391 e. The van der Waals surface area contributed by atoms with Gasteiger partial charge in [-0.2, -0.15) is 13.2 Å². The van der Waals surface area contributed by atoms with Crippen molar-refractivity contribution in [2.45, 2.75) is 37.6 Å². The summed E-state index contributed by atoms with van der Waals surface area (Å²) in [6.45, 7) is 0.237. The molecule has 2 aliphatic rings. The molecule has 2 atom stereocenters. The lowest BCUT2D eigenvalue weighted by Gasteiger charge is -2.27. The number of likely N-dealkylation sites (tertiary alicyclic amines) is 1. The van der Waals surface area contributed by atoms with Crippen molar-refractivity contribution < 1.29 is 23.1 Å². The number of carbonyl (C=O) groups is 1. The highest BCUT2D eigenvalue weighted by molar-refractivity contribution is 5.80. The van der Waals surface area contributed by atoms with Gasteiger partial charge in [0.1, 0.15) is 0 Å². The van der Waals surface area contributed by atoms with E-state index in [0.29, 0.717) is 24.8 Å². The number of aliphatic hydroxyl groups is 1. The number of benzene rings is 1. The number of allylic oxidation sites excluding steroid dienone is 2. The van der Waals surface area contributed by atoms with Crippen LogP contribution in [0.25, 0.3) is 0 Å². The summed E-state index contributed by atoms with van der Waals surface area (Å²) in [5, 5.41) is 9.92. The molecule has 1 amide bonds. The van der Waals surface area contributed by atoms with Crippen LogP contribution in [0.5, 0.6) is 0 Å². The Kier molecular flexibility index (Phi) is 4.19. The van der Waals surface area contributed by atoms with Gasteiger partial charge in [0.15, 0.2) is 0 Å². The van der Waals surface area contributed by atoms with Gasteiger partial charge in [0.2, 0.25) is 5.91 Å². The van der Waals surface area contributed by atoms with Crippen LogP contribution in [0.3, 0.4) is 0 Å². The highest BCUT2D eigenvalue weighted by atomic mass is 19.4. The molecular weight excluding hydrogens is 307 g/mol. The zero-order valence-corrected chi connectivity index (χ0v) is 12.5. The third-order valence-electron chi connectivity index (χ3n) is 4.54. The second kappa shape index (κ2) is 6.00. The van der Waals surface area contributed by atoms with Crippen LogP contribution < -0.4 is 0 Å². The first-order chi connectivity index (χ1) is 10.9. The SMILES string of the molecule is O=C(C1CC=CC1)N1CC(O)CC1c1ccc(C(F)(F)F)cc1. The highest BCUT2D eigenvalue weighted by Crippen LogP contribution is 2.36. The number of amides is 1. The second-order valence-electron chi connectivity index (χ2n) is 6.16. The van der Waals surface area contributed by atoms with Crippen LogP contribution in [0.2, 0.25) is 0 Å². The van der Waals surface area contributed by atoms with E-state index in [1.807, 2.05) is 12.2 Å². The van der Waals surface area contributed by atoms with Crippen molar-refractivity contribution >= 4 is 5.91 Å². The van der Waals surface area contributed by atoms with Crippen LogP contribution in [0.15, 0.2) is 36.4 Å². The maximum Gasteiger partial charge on any atom is 0.416 e. The van der Waals surface area contributed by atoms with E-state index in [9.17, 15) is 23.1 Å². The first kappa shape index (κ1) is 16.1. The normalized spacial score (nSPS) is 25.3. The Morgan fingerprint density at radius 3 is 2.30 bits per heavy atom. The molecule has 1 aliphatic carbocycles. The molecule has 1 heterocycles. The summed E-state index contributed by atoms with van der Waals surface area (Å²) in [6, 6.07) is 4.50. The van der Waals surface area contributed by atoms with Gasteiger partial charge >= 0.3 is 6.18 Å². The predicted octanol–water partition coefficient (Wildman–Crippen LogP) is 3.31. The largest absolute Gasteiger partial charge is 0.416 e. The summed E-state index contributed by atoms with van der Waals surface area (Å²) in [4.78, 5) is 14.2. The molecule has 0 saturated carbocycles. The molecule has 0 aromatic heterocycles. The van der Waals surface area contributed by atoms with Gasteiger partial charge in [-0.3, -0.25) is 4.79 Å². The molecule has 1 saturated heterocycles. The van der Waals surface area contributed by atoms with Gasteiger partial charge in [0.05, 0.1) is 17.7 Å². The Bertz CT molecular complexity index is 601. The maximum atomic E-state index is 12.7. The number of hydrogen-bond acceptors (Lipinski definition) is 2. The Balaban J connectivity index is 1.80. The van der Waals surface area contributed by atoms with Crippen molar-refractivity contribution in [1.82, 2.24) is 4.90 Å². The monoisotopic (exact) mass is 325 g/mol. The van der Waals surface area contributed by atoms with Gasteiger partial charge in [0.25, 0.3) is 0 Å². The molecule has 1 aromatic rings. The molecule has 0 spiro atoms. The van der Waals surface area contributed by atoms with Crippen LogP contribution >= 0.6 is 0 Å². The van der Waals surface area contributed by atoms with Gasteiger partial charge < -0.3 is 10.0 Å². The molecule has 2 unspecified atom stereocenters. The fraction of sp³-hybridized carbons (Fsp3) is 0.471. The Morgan fingerprint density at radius 1 is 1.13 bits per heavy atom. The number of rotatable bonds is 2. The molecule has 1 aliphatic heterocycles. The number of alkyl halides is 3. The quantitative estimate of drug-likeness (QED) is 0.848. The summed E-state index contributed by atoms with van der Waals surface area (Å²) < 4.78 is 38.0. The molecule has 124 valence electrons. The van der Waals surface area contributed by atoms with Crippen LogP contribution in [0.4, 0.5) is 13.2 Å². The Labute approximate surface area is 132 Å². The fourth-order valence-electron chi connectivity index (χ4n) is 3.32. The highest BCUT2D eigenvalue weighted by Gasteiger charge is 2.38. The minimum absolute atomic E-state index is 0.0311. The molecule has 23 heavy (non-hydrogen) atoms. The van der Waals surface area contributed by atoms with Crippen molar-refractivity contribution in [1.29, 1.82) is 0 Å². The molecular formula is C17H18F3NO2. The summed E-state index contributed by atoms with van der Waals surface area (Å²) in [6.07, 6.45) is 0.636. The molecule has 1 N–H and O–H groups in total. The van der Waals surface area contributed by atoms with E-state index in [2.05, 4.69) is 0 Å². The molecule has 3 rings (SSSR count). The lowest BCUT2D eigenvalue weighted by molar-refractivity contribution is -0.138. The minimum Gasteiger partial charge on any atom is -0.391 e. The summed E-state index contributed by atoms with van der Waals surface area (Å²) in [7, 11) is 0. The lowest BCUT2D eigenvalue weighted by atomic mass is 10.00. The summed E-state index contributed by atoms with van der Waals surface area (Å²) in [5.74, 6) is -0.145. The van der Waals surface area contributed by atoms with E-state index in [-0.39, 0.29) is 24.4 Å². The van der Waals surface area contributed by atoms with E-state index in [1.165, 1.54) is 12.1 Å². The number of β-amino-alcohol motifs (C(OH)–C–C–N with tert-alkyl or cyclic N) is 1. The predicted molar refractivity (Wildman–Crippen MR) is 78.4 cm³/mol. The van der Waals surface area contributed by atoms with Crippen molar-refractivity contribution in [3.05, 3.63) is 47.5 Å². The van der Waals surface area contributed by atoms with E-state index in [4.69, 9.17) is 0 Å². The Hall–Kier alpha value is -1.82. The number of hydrogen-bond donors (Lipinski definition) is 1. The maximum absolute atomic E-state index is 12.7. The van der Waals surface area contributed by atoms with Gasteiger partial charge in [-0.05, 0) is 37.0 Å². The first-order valence-electron chi connectivity index (χ1n) is 7.67. The standard InChI is InChI=1S/C17H18F3NO2/c18-17(19,20)13-7-5-11(6-8-13)15-9-14(22)10-21(15)16(23)12-3-1-2-4-12/h1-2,5-8,12,14-15,22H,3-4,9-10H2. The van der Waals surface area contributed by atoms with Crippen molar-refractivity contribution in [2.24, 2.45) is 5.92 Å². The van der Waals surface area contributed by atoms with Gasteiger partial charge in [-0.1, -0.05) is 24.3 Å². The first-order valence-corrected chi connectivity index (χ1v) is 7.67. The molecule has 3 nitrogen and oxygen atoms in total. The topological polar surface area (TPSA) is 40.5 Å². The molecule has 0 bridgehead atoms. The van der Waals surface area contributed by atoms with Gasteiger partial charge in [-0.15, -0.1) is 0 Å². The summed E-state index contributed by atoms with van der Waals surface area (Å²) >= 11 is 0. The minimum atomic E-state index is -4.38. The zero-order valence-electron chi connectivity index (χ0n) is 12.5. The number of nitrogens with zero attached hydrogens (tertiary/aromatic N) is 1. The Morgan fingerprint density at radius 2 is 1.74 bits per heavy atom. The fourth-order valence-corrected chi connectivity index (χ4v) is 3.32. The van der Waals surface area contributed by atoms with Crippen molar-refractivity contribution in [3.8, 4) is 0 Å². The lowest BCUT2D eigenvalue weighted by Crippen LogP contribution is -2.36. The van der Waals surface area contributed by atoms with Crippen molar-refractivity contribution in [3.63, 3.8) is 0 Å². The third kappa shape index (κ3) is 3.27. The zero-order chi connectivity index (χ0) is 16.6. The van der Waals surface area contributed by atoms with Crippen LogP contribution in [-0.4, -0.2) is 28.6 Å². The number of halogens is 3. The van der Waals surface area contributed by atoms with E-state index in [1.54, 1.807) is 4.90 Å². The van der Waals surface area contributed by atoms with Crippen LogP contribution in [0, 0.1) is 5.92 Å². The number of carbonyl (C=O) groups excluding carboxylic acids is 1. The van der Waals surface area contributed by atoms with Gasteiger partial charge in [0, 0.05) is 12.5 Å². The van der Waals surface area contributed by atoms with Crippen LogP contribution in [0.1, 0.15) is 36.4 Å².